The van der Waals surface area contributed by atoms with Crippen LogP contribution in [-0.2, 0) is 0 Å². The highest BCUT2D eigenvalue weighted by atomic mass is 79.9. The van der Waals surface area contributed by atoms with E-state index in [0.717, 1.165) is 31.1 Å². The third-order valence-corrected chi connectivity index (χ3v) is 3.07. The van der Waals surface area contributed by atoms with Gasteiger partial charge in [-0.15, -0.1) is 0 Å². The maximum absolute atomic E-state index is 5.73. The van der Waals surface area contributed by atoms with Crippen LogP contribution in [0.15, 0.2) is 21.7 Å². The molecule has 0 aromatic rings. The van der Waals surface area contributed by atoms with Crippen LogP contribution in [0.5, 0.6) is 0 Å². The van der Waals surface area contributed by atoms with Crippen molar-refractivity contribution in [2.45, 2.75) is 13.3 Å². The molecular weight excluding hydrogens is 237 g/mol. The predicted octanol–water partition coefficient (Wildman–Crippen LogP) is 3.11. The molecule has 68 valence electrons. The molecular formula is C9H13BrClN. The standard InChI is InChI=1S/C9H13BrClN/c1-7-3-4-12(5-8(2)11)6-9(7)10/h2-6H2,1H3. The van der Waals surface area contributed by atoms with Gasteiger partial charge >= 0.3 is 0 Å². The van der Waals surface area contributed by atoms with Gasteiger partial charge in [0.25, 0.3) is 0 Å². The van der Waals surface area contributed by atoms with E-state index in [-0.39, 0.29) is 0 Å². The summed E-state index contributed by atoms with van der Waals surface area (Å²) >= 11 is 9.28. The average Bonchev–Trinajstić information content (AvgIpc) is 1.96. The lowest BCUT2D eigenvalue weighted by Crippen LogP contribution is -2.31. The summed E-state index contributed by atoms with van der Waals surface area (Å²) < 4.78 is 1.30. The highest BCUT2D eigenvalue weighted by Gasteiger charge is 2.14. The molecule has 0 N–H and O–H groups in total. The Labute approximate surface area is 87.2 Å². The number of rotatable bonds is 2. The van der Waals surface area contributed by atoms with Crippen LogP contribution in [-0.4, -0.2) is 24.5 Å². The summed E-state index contributed by atoms with van der Waals surface area (Å²) in [5.41, 5.74) is 1.45. The molecule has 0 aromatic carbocycles. The highest BCUT2D eigenvalue weighted by molar-refractivity contribution is 9.11. The average molecular weight is 251 g/mol. The van der Waals surface area contributed by atoms with Crippen molar-refractivity contribution in [3.63, 3.8) is 0 Å². The van der Waals surface area contributed by atoms with Crippen LogP contribution < -0.4 is 0 Å². The molecule has 3 heteroatoms. The molecule has 0 saturated carbocycles. The molecule has 0 bridgehead atoms. The summed E-state index contributed by atoms with van der Waals surface area (Å²) in [6.07, 6.45) is 1.13. The molecule has 0 atom stereocenters. The summed E-state index contributed by atoms with van der Waals surface area (Å²) in [5, 5.41) is 0.717. The highest BCUT2D eigenvalue weighted by Crippen LogP contribution is 2.22. The van der Waals surface area contributed by atoms with Gasteiger partial charge in [0, 0.05) is 29.1 Å². The fraction of sp³-hybridized carbons (Fsp3) is 0.556. The number of halogens is 2. The molecule has 0 aliphatic carbocycles. The molecule has 1 aliphatic heterocycles. The molecule has 0 aromatic heterocycles. The lowest BCUT2D eigenvalue weighted by molar-refractivity contribution is 0.321. The fourth-order valence-electron chi connectivity index (χ4n) is 1.25. The van der Waals surface area contributed by atoms with Gasteiger partial charge in [-0.05, 0) is 13.3 Å². The molecule has 1 heterocycles. The molecule has 12 heavy (non-hydrogen) atoms. The molecule has 0 radical (unpaired) electrons. The van der Waals surface area contributed by atoms with Crippen LogP contribution in [0.25, 0.3) is 0 Å². The normalized spacial score (nSPS) is 19.9. The van der Waals surface area contributed by atoms with Gasteiger partial charge in [0.1, 0.15) is 0 Å². The third-order valence-electron chi connectivity index (χ3n) is 2.02. The van der Waals surface area contributed by atoms with E-state index in [0.29, 0.717) is 0 Å². The first-order valence-corrected chi connectivity index (χ1v) is 5.16. The van der Waals surface area contributed by atoms with E-state index in [1.54, 1.807) is 0 Å². The Bertz CT molecular complexity index is 223. The Kier molecular flexibility index (Phi) is 3.81. The van der Waals surface area contributed by atoms with E-state index in [2.05, 4.69) is 34.3 Å². The summed E-state index contributed by atoms with van der Waals surface area (Å²) in [6, 6.07) is 0. The number of hydrogen-bond donors (Lipinski definition) is 0. The first kappa shape index (κ1) is 10.3. The van der Waals surface area contributed by atoms with Crippen LogP contribution >= 0.6 is 27.5 Å². The Hall–Kier alpha value is 0.210. The van der Waals surface area contributed by atoms with E-state index >= 15 is 0 Å². The lowest BCUT2D eigenvalue weighted by atomic mass is 10.1. The van der Waals surface area contributed by atoms with Crippen molar-refractivity contribution in [3.8, 4) is 0 Å². The SMILES string of the molecule is C=C(Cl)CN1CCC(C)=C(Br)C1. The van der Waals surface area contributed by atoms with Crippen molar-refractivity contribution in [2.24, 2.45) is 0 Å². The van der Waals surface area contributed by atoms with Gasteiger partial charge in [-0.3, -0.25) is 4.90 Å². The van der Waals surface area contributed by atoms with Crippen molar-refractivity contribution in [1.29, 1.82) is 0 Å². The molecule has 1 aliphatic rings. The molecule has 0 amide bonds. The smallest absolute Gasteiger partial charge is 0.0339 e. The van der Waals surface area contributed by atoms with Crippen molar-refractivity contribution < 1.29 is 0 Å². The van der Waals surface area contributed by atoms with Crippen molar-refractivity contribution in [1.82, 2.24) is 4.90 Å². The zero-order valence-electron chi connectivity index (χ0n) is 7.24. The second kappa shape index (κ2) is 4.45. The monoisotopic (exact) mass is 249 g/mol. The van der Waals surface area contributed by atoms with E-state index < -0.39 is 0 Å². The summed E-state index contributed by atoms with van der Waals surface area (Å²) in [5.74, 6) is 0. The summed E-state index contributed by atoms with van der Waals surface area (Å²) in [7, 11) is 0. The Morgan fingerprint density at radius 1 is 1.75 bits per heavy atom. The van der Waals surface area contributed by atoms with Gasteiger partial charge in [-0.1, -0.05) is 39.7 Å². The molecule has 1 rings (SSSR count). The number of hydrogen-bond acceptors (Lipinski definition) is 1. The van der Waals surface area contributed by atoms with E-state index in [1.165, 1.54) is 10.1 Å². The van der Waals surface area contributed by atoms with Crippen LogP contribution in [0.3, 0.4) is 0 Å². The molecule has 1 nitrogen and oxygen atoms in total. The van der Waals surface area contributed by atoms with E-state index in [4.69, 9.17) is 11.6 Å². The van der Waals surface area contributed by atoms with E-state index in [9.17, 15) is 0 Å². The number of nitrogens with zero attached hydrogens (tertiary/aromatic N) is 1. The quantitative estimate of drug-likeness (QED) is 0.728. The minimum absolute atomic E-state index is 0.717. The molecule has 0 unspecified atom stereocenters. The molecule has 0 fully saturated rings. The topological polar surface area (TPSA) is 3.24 Å². The minimum Gasteiger partial charge on any atom is -0.293 e. The van der Waals surface area contributed by atoms with Gasteiger partial charge in [-0.25, -0.2) is 0 Å². The molecule has 0 saturated heterocycles. The Balaban J connectivity index is 2.49. The lowest BCUT2D eigenvalue weighted by Gasteiger charge is -2.27. The van der Waals surface area contributed by atoms with Crippen LogP contribution in [0.1, 0.15) is 13.3 Å². The largest absolute Gasteiger partial charge is 0.293 e. The van der Waals surface area contributed by atoms with Crippen molar-refractivity contribution in [3.05, 3.63) is 21.7 Å². The van der Waals surface area contributed by atoms with Gasteiger partial charge in [-0.2, -0.15) is 0 Å². The molecule has 0 spiro atoms. The van der Waals surface area contributed by atoms with Crippen molar-refractivity contribution in [2.75, 3.05) is 19.6 Å². The predicted molar refractivity (Wildman–Crippen MR) is 57.7 cm³/mol. The Morgan fingerprint density at radius 3 is 2.92 bits per heavy atom. The summed E-state index contributed by atoms with van der Waals surface area (Å²) in [4.78, 5) is 2.28. The van der Waals surface area contributed by atoms with Gasteiger partial charge in [0.15, 0.2) is 0 Å². The first-order chi connectivity index (χ1) is 5.59. The second-order valence-corrected chi connectivity index (χ2v) is 4.65. The maximum Gasteiger partial charge on any atom is 0.0339 e. The maximum atomic E-state index is 5.73. The van der Waals surface area contributed by atoms with Crippen LogP contribution in [0, 0.1) is 0 Å². The van der Waals surface area contributed by atoms with Gasteiger partial charge < -0.3 is 0 Å². The van der Waals surface area contributed by atoms with Crippen LogP contribution in [0.2, 0.25) is 0 Å². The second-order valence-electron chi connectivity index (χ2n) is 3.16. The van der Waals surface area contributed by atoms with Crippen molar-refractivity contribution >= 4 is 27.5 Å². The fourth-order valence-corrected chi connectivity index (χ4v) is 1.97. The zero-order chi connectivity index (χ0) is 9.14. The zero-order valence-corrected chi connectivity index (χ0v) is 9.58. The van der Waals surface area contributed by atoms with Gasteiger partial charge in [0.05, 0.1) is 0 Å². The van der Waals surface area contributed by atoms with Gasteiger partial charge in [0.2, 0.25) is 0 Å². The Morgan fingerprint density at radius 2 is 2.42 bits per heavy atom. The summed E-state index contributed by atoms with van der Waals surface area (Å²) in [6.45, 7) is 8.70. The first-order valence-electron chi connectivity index (χ1n) is 3.99. The van der Waals surface area contributed by atoms with E-state index in [1.807, 2.05) is 0 Å². The third kappa shape index (κ3) is 2.92. The minimum atomic E-state index is 0.717. The van der Waals surface area contributed by atoms with Crippen LogP contribution in [0.4, 0.5) is 0 Å².